The highest BCUT2D eigenvalue weighted by molar-refractivity contribution is 5.76. The number of benzene rings is 1. The van der Waals surface area contributed by atoms with Gasteiger partial charge in [-0.05, 0) is 47.9 Å². The summed E-state index contributed by atoms with van der Waals surface area (Å²) < 4.78 is 40.0. The molecule has 1 aromatic heterocycles. The van der Waals surface area contributed by atoms with Gasteiger partial charge in [0.25, 0.3) is 0 Å². The number of carbonyl (C=O) groups excluding carboxylic acids is 1. The molecule has 0 saturated carbocycles. The van der Waals surface area contributed by atoms with Crippen LogP contribution >= 0.6 is 0 Å². The first-order valence-corrected chi connectivity index (χ1v) is 8.10. The molecule has 2 heterocycles. The minimum atomic E-state index is -4.47. The Morgan fingerprint density at radius 2 is 2.00 bits per heavy atom. The third kappa shape index (κ3) is 3.69. The average Bonchev–Trinajstić information content (AvgIpc) is 3.00. The zero-order valence-corrected chi connectivity index (χ0v) is 14.1. The predicted molar refractivity (Wildman–Crippen MR) is 83.7 cm³/mol. The van der Waals surface area contributed by atoms with Crippen LogP contribution in [-0.4, -0.2) is 49.2 Å². The van der Waals surface area contributed by atoms with Gasteiger partial charge >= 0.3 is 6.18 Å². The monoisotopic (exact) mass is 369 g/mol. The van der Waals surface area contributed by atoms with Crippen LogP contribution in [0.4, 0.5) is 13.2 Å². The fourth-order valence-corrected chi connectivity index (χ4v) is 3.02. The average molecular weight is 369 g/mol. The van der Waals surface area contributed by atoms with Crippen molar-refractivity contribution in [2.75, 3.05) is 13.1 Å². The van der Waals surface area contributed by atoms with Crippen LogP contribution in [0.15, 0.2) is 24.3 Å². The number of nitrogens with zero attached hydrogens (tertiary/aromatic N) is 5. The first kappa shape index (κ1) is 18.3. The number of piperidine rings is 1. The maximum absolute atomic E-state index is 12.9. The lowest BCUT2D eigenvalue weighted by Crippen LogP contribution is -2.46. The smallest absolute Gasteiger partial charge is 0.385 e. The van der Waals surface area contributed by atoms with Gasteiger partial charge in [0.2, 0.25) is 5.91 Å². The van der Waals surface area contributed by atoms with Crippen LogP contribution in [0, 0.1) is 6.92 Å². The number of likely N-dealkylation sites (tertiary alicyclic amines) is 1. The maximum atomic E-state index is 12.9. The standard InChI is InChI=1S/C16H18F3N5O2/c1-11-20-21-22-24(11)10-14(25)23-7-5-15(26,6-8-23)12-3-2-4-13(9-12)16(17,18)19/h2-4,9,26H,5-8,10H2,1H3. The van der Waals surface area contributed by atoms with Gasteiger partial charge in [0.1, 0.15) is 12.4 Å². The molecule has 0 spiro atoms. The van der Waals surface area contributed by atoms with Gasteiger partial charge in [-0.25, -0.2) is 4.68 Å². The van der Waals surface area contributed by atoms with Crippen LogP contribution in [0.25, 0.3) is 0 Å². The number of halogens is 3. The molecule has 0 unspecified atom stereocenters. The molecule has 1 N–H and O–H groups in total. The molecule has 1 aromatic carbocycles. The summed E-state index contributed by atoms with van der Waals surface area (Å²) in [6, 6.07) is 4.72. The summed E-state index contributed by atoms with van der Waals surface area (Å²) in [5.41, 5.74) is -1.96. The van der Waals surface area contributed by atoms with E-state index in [0.717, 1.165) is 12.1 Å². The highest BCUT2D eigenvalue weighted by Crippen LogP contribution is 2.36. The van der Waals surface area contributed by atoms with Gasteiger partial charge in [0.05, 0.1) is 11.2 Å². The van der Waals surface area contributed by atoms with Gasteiger partial charge < -0.3 is 10.0 Å². The van der Waals surface area contributed by atoms with E-state index in [-0.39, 0.29) is 43.9 Å². The predicted octanol–water partition coefficient (Wildman–Crippen LogP) is 1.51. The second-order valence-electron chi connectivity index (χ2n) is 6.37. The van der Waals surface area contributed by atoms with Crippen molar-refractivity contribution in [3.05, 3.63) is 41.2 Å². The van der Waals surface area contributed by atoms with E-state index < -0.39 is 17.3 Å². The number of rotatable bonds is 3. The van der Waals surface area contributed by atoms with Crippen molar-refractivity contribution in [3.63, 3.8) is 0 Å². The first-order valence-electron chi connectivity index (χ1n) is 8.10. The van der Waals surface area contributed by atoms with Crippen LogP contribution in [0.2, 0.25) is 0 Å². The summed E-state index contributed by atoms with van der Waals surface area (Å²) in [5, 5.41) is 21.7. The number of amides is 1. The Morgan fingerprint density at radius 3 is 2.58 bits per heavy atom. The number of aliphatic hydroxyl groups is 1. The summed E-state index contributed by atoms with van der Waals surface area (Å²) in [4.78, 5) is 13.9. The summed E-state index contributed by atoms with van der Waals surface area (Å²) >= 11 is 0. The highest BCUT2D eigenvalue weighted by atomic mass is 19.4. The van der Waals surface area contributed by atoms with Crippen molar-refractivity contribution in [1.82, 2.24) is 25.1 Å². The van der Waals surface area contributed by atoms with Gasteiger partial charge in [0.15, 0.2) is 0 Å². The Balaban J connectivity index is 1.67. The lowest BCUT2D eigenvalue weighted by Gasteiger charge is -2.38. The van der Waals surface area contributed by atoms with Crippen LogP contribution in [0.3, 0.4) is 0 Å². The number of hydrogen-bond donors (Lipinski definition) is 1. The molecule has 7 nitrogen and oxygen atoms in total. The molecule has 0 aliphatic carbocycles. The summed E-state index contributed by atoms with van der Waals surface area (Å²) in [7, 11) is 0. The second-order valence-corrected chi connectivity index (χ2v) is 6.37. The Bertz CT molecular complexity index is 797. The van der Waals surface area contributed by atoms with Gasteiger partial charge in [0, 0.05) is 13.1 Å². The molecular weight excluding hydrogens is 351 g/mol. The molecule has 1 aliphatic heterocycles. The van der Waals surface area contributed by atoms with E-state index in [1.807, 2.05) is 0 Å². The van der Waals surface area contributed by atoms with Gasteiger partial charge in [-0.1, -0.05) is 12.1 Å². The molecule has 0 radical (unpaired) electrons. The van der Waals surface area contributed by atoms with E-state index in [4.69, 9.17) is 0 Å². The van der Waals surface area contributed by atoms with Crippen LogP contribution in [0.5, 0.6) is 0 Å². The molecular formula is C16H18F3N5O2. The van der Waals surface area contributed by atoms with Gasteiger partial charge in [-0.3, -0.25) is 4.79 Å². The second kappa shape index (κ2) is 6.67. The van der Waals surface area contributed by atoms with Crippen LogP contribution in [0.1, 0.15) is 29.8 Å². The van der Waals surface area contributed by atoms with E-state index >= 15 is 0 Å². The summed E-state index contributed by atoms with van der Waals surface area (Å²) in [6.07, 6.45) is -4.14. The molecule has 0 atom stereocenters. The molecule has 26 heavy (non-hydrogen) atoms. The third-order valence-corrected chi connectivity index (χ3v) is 4.67. The number of hydrogen-bond acceptors (Lipinski definition) is 5. The lowest BCUT2D eigenvalue weighted by atomic mass is 9.83. The van der Waals surface area contributed by atoms with E-state index in [9.17, 15) is 23.1 Å². The number of aryl methyl sites for hydroxylation is 1. The molecule has 3 rings (SSSR count). The van der Waals surface area contributed by atoms with Gasteiger partial charge in [-0.15, -0.1) is 5.10 Å². The largest absolute Gasteiger partial charge is 0.416 e. The van der Waals surface area contributed by atoms with Crippen molar-refractivity contribution in [2.45, 2.75) is 38.1 Å². The molecule has 140 valence electrons. The third-order valence-electron chi connectivity index (χ3n) is 4.67. The quantitative estimate of drug-likeness (QED) is 0.887. The van der Waals surface area contributed by atoms with Crippen molar-refractivity contribution >= 4 is 5.91 Å². The molecule has 10 heteroatoms. The number of tetrazole rings is 1. The number of aromatic nitrogens is 4. The van der Waals surface area contributed by atoms with E-state index in [1.165, 1.54) is 16.8 Å². The molecule has 1 amide bonds. The summed E-state index contributed by atoms with van der Waals surface area (Å²) in [6.45, 7) is 2.15. The fraction of sp³-hybridized carbons (Fsp3) is 0.500. The molecule has 1 saturated heterocycles. The number of alkyl halides is 3. The minimum absolute atomic E-state index is 0.0131. The molecule has 2 aromatic rings. The molecule has 1 fully saturated rings. The Morgan fingerprint density at radius 1 is 1.31 bits per heavy atom. The van der Waals surface area contributed by atoms with E-state index in [0.29, 0.717) is 5.82 Å². The van der Waals surface area contributed by atoms with Crippen molar-refractivity contribution < 1.29 is 23.1 Å². The topological polar surface area (TPSA) is 84.1 Å². The molecule has 0 bridgehead atoms. The van der Waals surface area contributed by atoms with E-state index in [2.05, 4.69) is 15.5 Å². The van der Waals surface area contributed by atoms with E-state index in [1.54, 1.807) is 11.8 Å². The van der Waals surface area contributed by atoms with Crippen LogP contribution < -0.4 is 0 Å². The van der Waals surface area contributed by atoms with Gasteiger partial charge in [-0.2, -0.15) is 13.2 Å². The van der Waals surface area contributed by atoms with Crippen molar-refractivity contribution in [3.8, 4) is 0 Å². The Hall–Kier alpha value is -2.49. The zero-order valence-electron chi connectivity index (χ0n) is 14.1. The first-order chi connectivity index (χ1) is 12.2. The normalized spacial score (nSPS) is 17.3. The fourth-order valence-electron chi connectivity index (χ4n) is 3.02. The van der Waals surface area contributed by atoms with Crippen molar-refractivity contribution in [1.29, 1.82) is 0 Å². The Labute approximate surface area is 147 Å². The summed E-state index contributed by atoms with van der Waals surface area (Å²) in [5.74, 6) is 0.308. The SMILES string of the molecule is Cc1nnnn1CC(=O)N1CCC(O)(c2cccc(C(F)(F)F)c2)CC1. The number of carbonyl (C=O) groups is 1. The zero-order chi connectivity index (χ0) is 18.9. The van der Waals surface area contributed by atoms with Crippen LogP contribution in [-0.2, 0) is 23.1 Å². The molecule has 1 aliphatic rings. The Kier molecular flexibility index (Phi) is 4.70. The van der Waals surface area contributed by atoms with Crippen molar-refractivity contribution in [2.24, 2.45) is 0 Å². The lowest BCUT2D eigenvalue weighted by molar-refractivity contribution is -0.137. The highest BCUT2D eigenvalue weighted by Gasteiger charge is 2.38. The minimum Gasteiger partial charge on any atom is -0.385 e. The maximum Gasteiger partial charge on any atom is 0.416 e.